The standard InChI is InChI=1S/C33H37ClFN5O2/c1-3-12-39(2)18-33(10-11-33)19-42-32-37-30-26(31(38-32)40-16-21-8-9-22(17-40)36-21)15-27(34)28(29(30)35)25-14-23(41)13-20-6-4-5-7-24(20)25/h4-7,13-15,21-22,36,41H,3,8-12,16-19H2,1-2H3. The number of aromatic hydroxyl groups is 1. The molecule has 1 aliphatic carbocycles. The van der Waals surface area contributed by atoms with Gasteiger partial charge in [0.15, 0.2) is 5.82 Å². The molecule has 42 heavy (non-hydrogen) atoms. The van der Waals surface area contributed by atoms with Crippen molar-refractivity contribution in [1.29, 1.82) is 0 Å². The van der Waals surface area contributed by atoms with E-state index in [0.29, 0.717) is 35.5 Å². The van der Waals surface area contributed by atoms with Crippen LogP contribution in [0.15, 0.2) is 42.5 Å². The van der Waals surface area contributed by atoms with E-state index in [1.54, 1.807) is 18.2 Å². The summed E-state index contributed by atoms with van der Waals surface area (Å²) in [5, 5.41) is 16.6. The molecule has 9 heteroatoms. The average Bonchev–Trinajstić information content (AvgIpc) is 3.65. The molecule has 7 rings (SSSR count). The Morgan fingerprint density at radius 3 is 2.62 bits per heavy atom. The van der Waals surface area contributed by atoms with Gasteiger partial charge in [-0.05, 0) is 80.2 Å². The third-order valence-corrected chi connectivity index (χ3v) is 9.45. The highest BCUT2D eigenvalue weighted by molar-refractivity contribution is 6.35. The second kappa shape index (κ2) is 10.8. The number of rotatable bonds is 9. The fraction of sp³-hybridized carbons (Fsp3) is 0.455. The summed E-state index contributed by atoms with van der Waals surface area (Å²) in [5.41, 5.74) is 1.00. The van der Waals surface area contributed by atoms with Crippen molar-refractivity contribution in [3.63, 3.8) is 0 Å². The largest absolute Gasteiger partial charge is 0.508 e. The molecule has 2 saturated heterocycles. The maximum Gasteiger partial charge on any atom is 0.319 e. The second-order valence-corrected chi connectivity index (χ2v) is 13.0. The predicted molar refractivity (Wildman–Crippen MR) is 166 cm³/mol. The maximum atomic E-state index is 16.8. The van der Waals surface area contributed by atoms with Crippen LogP contribution in [0.25, 0.3) is 32.8 Å². The molecule has 1 aromatic heterocycles. The first-order valence-electron chi connectivity index (χ1n) is 15.1. The molecule has 2 unspecified atom stereocenters. The van der Waals surface area contributed by atoms with Crippen molar-refractivity contribution < 1.29 is 14.2 Å². The highest BCUT2D eigenvalue weighted by atomic mass is 35.5. The van der Waals surface area contributed by atoms with Crippen LogP contribution in [-0.2, 0) is 0 Å². The van der Waals surface area contributed by atoms with Crippen molar-refractivity contribution in [3.05, 3.63) is 53.3 Å². The Kier molecular flexibility index (Phi) is 7.11. The topological polar surface area (TPSA) is 73.8 Å². The molecule has 3 aliphatic rings. The van der Waals surface area contributed by atoms with E-state index in [0.717, 1.165) is 69.1 Å². The van der Waals surface area contributed by atoms with Crippen LogP contribution in [0.2, 0.25) is 5.02 Å². The van der Waals surface area contributed by atoms with Crippen LogP contribution in [0.1, 0.15) is 39.0 Å². The first-order valence-corrected chi connectivity index (χ1v) is 15.4. The molecule has 2 N–H and O–H groups in total. The van der Waals surface area contributed by atoms with Gasteiger partial charge >= 0.3 is 6.01 Å². The summed E-state index contributed by atoms with van der Waals surface area (Å²) in [6, 6.07) is 13.5. The molecule has 0 spiro atoms. The number of piperazine rings is 1. The Balaban J connectivity index is 1.33. The van der Waals surface area contributed by atoms with Crippen molar-refractivity contribution in [1.82, 2.24) is 20.2 Å². The van der Waals surface area contributed by atoms with Gasteiger partial charge < -0.3 is 25.0 Å². The number of nitrogens with zero attached hydrogens (tertiary/aromatic N) is 4. The number of anilines is 1. The molecule has 3 heterocycles. The van der Waals surface area contributed by atoms with E-state index in [1.165, 1.54) is 0 Å². The Labute approximate surface area is 250 Å². The lowest BCUT2D eigenvalue weighted by atomic mass is 9.96. The molecule has 0 radical (unpaired) electrons. The fourth-order valence-electron chi connectivity index (χ4n) is 6.96. The quantitative estimate of drug-likeness (QED) is 0.234. The number of fused-ring (bicyclic) bond motifs is 4. The number of halogens is 2. The molecule has 0 amide bonds. The zero-order chi connectivity index (χ0) is 29.0. The summed E-state index contributed by atoms with van der Waals surface area (Å²) in [6.45, 7) is 6.26. The zero-order valence-electron chi connectivity index (χ0n) is 24.2. The molecule has 2 aliphatic heterocycles. The van der Waals surface area contributed by atoms with E-state index in [4.69, 9.17) is 21.3 Å². The molecular formula is C33H37ClFN5O2. The smallest absolute Gasteiger partial charge is 0.319 e. The van der Waals surface area contributed by atoms with Crippen LogP contribution in [0.4, 0.5) is 10.2 Å². The monoisotopic (exact) mass is 589 g/mol. The third kappa shape index (κ3) is 5.14. The minimum absolute atomic E-state index is 0.0470. The van der Waals surface area contributed by atoms with Gasteiger partial charge in [0.2, 0.25) is 0 Å². The van der Waals surface area contributed by atoms with Gasteiger partial charge in [0.25, 0.3) is 0 Å². The zero-order valence-corrected chi connectivity index (χ0v) is 24.9. The number of phenols is 1. The normalized spacial score (nSPS) is 21.0. The minimum Gasteiger partial charge on any atom is -0.508 e. The van der Waals surface area contributed by atoms with Crippen molar-refractivity contribution in [3.8, 4) is 22.9 Å². The van der Waals surface area contributed by atoms with Gasteiger partial charge in [-0.3, -0.25) is 0 Å². The number of nitrogens with one attached hydrogen (secondary N) is 1. The van der Waals surface area contributed by atoms with E-state index >= 15 is 4.39 Å². The SMILES string of the molecule is CCCN(C)CC1(COc2nc(N3CC4CCC(C3)N4)c3cc(Cl)c(-c4cc(O)cc5ccccc45)c(F)c3n2)CC1. The highest BCUT2D eigenvalue weighted by Gasteiger charge is 2.44. The summed E-state index contributed by atoms with van der Waals surface area (Å²) in [6.07, 6.45) is 5.54. The van der Waals surface area contributed by atoms with Gasteiger partial charge in [-0.2, -0.15) is 9.97 Å². The van der Waals surface area contributed by atoms with Crippen molar-refractivity contribution >= 4 is 39.1 Å². The number of aromatic nitrogens is 2. The maximum absolute atomic E-state index is 16.8. The van der Waals surface area contributed by atoms with Gasteiger partial charge in [-0.25, -0.2) is 4.39 Å². The van der Waals surface area contributed by atoms with Crippen molar-refractivity contribution in [2.75, 3.05) is 44.7 Å². The molecular weight excluding hydrogens is 553 g/mol. The van der Waals surface area contributed by atoms with Crippen LogP contribution in [0.3, 0.4) is 0 Å². The van der Waals surface area contributed by atoms with E-state index < -0.39 is 5.82 Å². The van der Waals surface area contributed by atoms with Gasteiger partial charge in [0.05, 0.1) is 11.6 Å². The number of ether oxygens (including phenoxy) is 1. The summed E-state index contributed by atoms with van der Waals surface area (Å²) < 4.78 is 23.1. The van der Waals surface area contributed by atoms with Gasteiger partial charge in [0.1, 0.15) is 17.1 Å². The van der Waals surface area contributed by atoms with Crippen molar-refractivity contribution in [2.24, 2.45) is 5.41 Å². The molecule has 1 saturated carbocycles. The highest BCUT2D eigenvalue weighted by Crippen LogP contribution is 2.47. The summed E-state index contributed by atoms with van der Waals surface area (Å²) in [5.74, 6) is 0.170. The Hall–Kier alpha value is -3.20. The number of hydrogen-bond acceptors (Lipinski definition) is 7. The lowest BCUT2D eigenvalue weighted by molar-refractivity contribution is 0.171. The molecule has 3 fully saturated rings. The second-order valence-electron chi connectivity index (χ2n) is 12.6. The molecule has 4 aromatic rings. The number of benzene rings is 3. The van der Waals surface area contributed by atoms with E-state index in [9.17, 15) is 5.11 Å². The molecule has 2 bridgehead atoms. The summed E-state index contributed by atoms with van der Waals surface area (Å²) in [7, 11) is 2.15. The van der Waals surface area contributed by atoms with Crippen LogP contribution in [-0.4, -0.2) is 71.9 Å². The van der Waals surface area contributed by atoms with E-state index in [2.05, 4.69) is 34.1 Å². The minimum atomic E-state index is -0.538. The number of phenolic OH excluding ortho intramolecular Hbond substituents is 1. The molecule has 220 valence electrons. The van der Waals surface area contributed by atoms with Gasteiger partial charge in [-0.1, -0.05) is 42.8 Å². The first kappa shape index (κ1) is 27.6. The lowest BCUT2D eigenvalue weighted by Crippen LogP contribution is -2.51. The van der Waals surface area contributed by atoms with Crippen LogP contribution in [0, 0.1) is 11.2 Å². The van der Waals surface area contributed by atoms with Crippen LogP contribution >= 0.6 is 11.6 Å². The average molecular weight is 590 g/mol. The molecule has 7 nitrogen and oxygen atoms in total. The number of hydrogen-bond donors (Lipinski definition) is 2. The van der Waals surface area contributed by atoms with Gasteiger partial charge in [0, 0.05) is 48.1 Å². The summed E-state index contributed by atoms with van der Waals surface area (Å²) in [4.78, 5) is 14.2. The molecule has 3 aromatic carbocycles. The van der Waals surface area contributed by atoms with Crippen LogP contribution < -0.4 is 15.0 Å². The first-order chi connectivity index (χ1) is 20.3. The Morgan fingerprint density at radius 1 is 1.12 bits per heavy atom. The predicted octanol–water partition coefficient (Wildman–Crippen LogP) is 6.39. The van der Waals surface area contributed by atoms with E-state index in [1.807, 2.05) is 24.3 Å². The summed E-state index contributed by atoms with van der Waals surface area (Å²) >= 11 is 6.88. The molecule has 2 atom stereocenters. The Bertz CT molecular complexity index is 1650. The fourth-order valence-corrected chi connectivity index (χ4v) is 7.25. The van der Waals surface area contributed by atoms with E-state index in [-0.39, 0.29) is 33.3 Å². The van der Waals surface area contributed by atoms with Gasteiger partial charge in [-0.15, -0.1) is 0 Å². The van der Waals surface area contributed by atoms with Crippen molar-refractivity contribution in [2.45, 2.75) is 51.1 Å². The van der Waals surface area contributed by atoms with Crippen LogP contribution in [0.5, 0.6) is 11.8 Å². The lowest BCUT2D eigenvalue weighted by Gasteiger charge is -2.34. The third-order valence-electron chi connectivity index (χ3n) is 9.15. The Morgan fingerprint density at radius 2 is 1.88 bits per heavy atom.